The first-order chi connectivity index (χ1) is 7.16. The fourth-order valence-electron chi connectivity index (χ4n) is 1.07. The Labute approximate surface area is 97.3 Å². The molecule has 0 unspecified atom stereocenters. The number of benzene rings is 1. The van der Waals surface area contributed by atoms with E-state index in [1.807, 2.05) is 0 Å². The zero-order valence-corrected chi connectivity index (χ0v) is 9.31. The lowest BCUT2D eigenvalue weighted by atomic mass is 10.3. The third-order valence-corrected chi connectivity index (χ3v) is 2.84. The lowest BCUT2D eigenvalue weighted by Crippen LogP contribution is -2.11. The summed E-state index contributed by atoms with van der Waals surface area (Å²) in [6.45, 7) is 0. The topological polar surface area (TPSA) is 38.3 Å². The first kappa shape index (κ1) is 10.6. The second kappa shape index (κ2) is 4.29. The van der Waals surface area contributed by atoms with Crippen LogP contribution in [0.1, 0.15) is 12.8 Å². The SMILES string of the molecule is O=C(ONc1ccc(Cl)c(Cl)c1)C1CC1. The molecule has 0 aromatic heterocycles. The van der Waals surface area contributed by atoms with Gasteiger partial charge in [0.05, 0.1) is 21.7 Å². The van der Waals surface area contributed by atoms with Crippen molar-refractivity contribution in [2.45, 2.75) is 12.8 Å². The molecule has 80 valence electrons. The maximum absolute atomic E-state index is 11.2. The summed E-state index contributed by atoms with van der Waals surface area (Å²) in [7, 11) is 0. The van der Waals surface area contributed by atoms with Crippen molar-refractivity contribution in [3.8, 4) is 0 Å². The second-order valence-corrected chi connectivity index (χ2v) is 4.24. The fraction of sp³-hybridized carbons (Fsp3) is 0.300. The molecule has 1 N–H and O–H groups in total. The van der Waals surface area contributed by atoms with E-state index in [1.54, 1.807) is 18.2 Å². The molecule has 0 bridgehead atoms. The van der Waals surface area contributed by atoms with Crippen LogP contribution in [0.4, 0.5) is 5.69 Å². The minimum absolute atomic E-state index is 0.0697. The van der Waals surface area contributed by atoms with Crippen LogP contribution in [0.15, 0.2) is 18.2 Å². The summed E-state index contributed by atoms with van der Waals surface area (Å²) >= 11 is 11.5. The molecule has 5 heteroatoms. The molecule has 0 spiro atoms. The van der Waals surface area contributed by atoms with Crippen molar-refractivity contribution < 1.29 is 9.63 Å². The molecule has 2 rings (SSSR count). The van der Waals surface area contributed by atoms with Crippen molar-refractivity contribution in [3.63, 3.8) is 0 Å². The molecule has 0 aliphatic heterocycles. The molecule has 0 saturated heterocycles. The van der Waals surface area contributed by atoms with Crippen molar-refractivity contribution in [2.75, 3.05) is 5.48 Å². The highest BCUT2D eigenvalue weighted by Gasteiger charge is 2.31. The summed E-state index contributed by atoms with van der Waals surface area (Å²) in [4.78, 5) is 16.0. The summed E-state index contributed by atoms with van der Waals surface area (Å²) in [5.74, 6) is -0.152. The normalized spacial score (nSPS) is 14.8. The van der Waals surface area contributed by atoms with E-state index >= 15 is 0 Å². The average molecular weight is 246 g/mol. The second-order valence-electron chi connectivity index (χ2n) is 3.43. The minimum Gasteiger partial charge on any atom is -0.343 e. The molecule has 0 amide bonds. The molecule has 0 radical (unpaired) electrons. The first-order valence-corrected chi connectivity index (χ1v) is 5.34. The predicted octanol–water partition coefficient (Wildman–Crippen LogP) is 3.27. The molecule has 15 heavy (non-hydrogen) atoms. The molecule has 1 aliphatic rings. The minimum atomic E-state index is -0.221. The van der Waals surface area contributed by atoms with Crippen LogP contribution in [0.2, 0.25) is 10.0 Å². The van der Waals surface area contributed by atoms with Gasteiger partial charge in [0.2, 0.25) is 0 Å². The Balaban J connectivity index is 1.92. The molecule has 0 heterocycles. The van der Waals surface area contributed by atoms with E-state index in [1.165, 1.54) is 0 Å². The van der Waals surface area contributed by atoms with E-state index in [9.17, 15) is 4.79 Å². The average Bonchev–Trinajstić information content (AvgIpc) is 3.03. The zero-order valence-electron chi connectivity index (χ0n) is 7.80. The van der Waals surface area contributed by atoms with E-state index in [4.69, 9.17) is 28.0 Å². The summed E-state index contributed by atoms with van der Waals surface area (Å²) in [6, 6.07) is 4.93. The third-order valence-electron chi connectivity index (χ3n) is 2.10. The van der Waals surface area contributed by atoms with Gasteiger partial charge in [0.25, 0.3) is 0 Å². The van der Waals surface area contributed by atoms with E-state index in [2.05, 4.69) is 5.48 Å². The number of rotatable bonds is 3. The molecule has 1 aromatic carbocycles. The van der Waals surface area contributed by atoms with Gasteiger partial charge in [-0.3, -0.25) is 0 Å². The smallest absolute Gasteiger partial charge is 0.335 e. The molecular formula is C10H9Cl2NO2. The van der Waals surface area contributed by atoms with Crippen LogP contribution in [0.25, 0.3) is 0 Å². The van der Waals surface area contributed by atoms with Crippen molar-refractivity contribution in [1.29, 1.82) is 0 Å². The van der Waals surface area contributed by atoms with Crippen LogP contribution in [0.3, 0.4) is 0 Å². The molecule has 1 saturated carbocycles. The van der Waals surface area contributed by atoms with Crippen molar-refractivity contribution in [3.05, 3.63) is 28.2 Å². The number of anilines is 1. The Hall–Kier alpha value is -0.930. The number of halogens is 2. The highest BCUT2D eigenvalue weighted by Crippen LogP contribution is 2.30. The molecule has 0 atom stereocenters. The Morgan fingerprint density at radius 2 is 2.07 bits per heavy atom. The summed E-state index contributed by atoms with van der Waals surface area (Å²) < 4.78 is 0. The van der Waals surface area contributed by atoms with Gasteiger partial charge in [0, 0.05) is 0 Å². The van der Waals surface area contributed by atoms with Gasteiger partial charge in [-0.25, -0.2) is 10.3 Å². The van der Waals surface area contributed by atoms with Crippen LogP contribution < -0.4 is 5.48 Å². The van der Waals surface area contributed by atoms with Crippen LogP contribution in [-0.4, -0.2) is 5.97 Å². The summed E-state index contributed by atoms with van der Waals surface area (Å²) in [5.41, 5.74) is 3.15. The molecule has 1 fully saturated rings. The van der Waals surface area contributed by atoms with Gasteiger partial charge in [0.15, 0.2) is 0 Å². The molecular weight excluding hydrogens is 237 g/mol. The van der Waals surface area contributed by atoms with Gasteiger partial charge in [0.1, 0.15) is 0 Å². The number of carbonyl (C=O) groups excluding carboxylic acids is 1. The standard InChI is InChI=1S/C10H9Cl2NO2/c11-8-4-3-7(5-9(8)12)13-15-10(14)6-1-2-6/h3-6,13H,1-2H2. The Kier molecular flexibility index (Phi) is 3.03. The first-order valence-electron chi connectivity index (χ1n) is 4.58. The maximum Gasteiger partial charge on any atom is 0.335 e. The summed E-state index contributed by atoms with van der Waals surface area (Å²) in [6.07, 6.45) is 1.84. The number of hydrogen-bond donors (Lipinski definition) is 1. The van der Waals surface area contributed by atoms with Gasteiger partial charge in [-0.1, -0.05) is 23.2 Å². The van der Waals surface area contributed by atoms with Crippen molar-refractivity contribution in [1.82, 2.24) is 0 Å². The largest absolute Gasteiger partial charge is 0.343 e. The maximum atomic E-state index is 11.2. The highest BCUT2D eigenvalue weighted by atomic mass is 35.5. The van der Waals surface area contributed by atoms with Crippen LogP contribution in [0.5, 0.6) is 0 Å². The quantitative estimate of drug-likeness (QED) is 0.831. The number of nitrogens with one attached hydrogen (secondary N) is 1. The number of carbonyl (C=O) groups is 1. The van der Waals surface area contributed by atoms with Crippen molar-refractivity contribution in [2.24, 2.45) is 5.92 Å². The van der Waals surface area contributed by atoms with Gasteiger partial charge in [-0.05, 0) is 31.0 Å². The third kappa shape index (κ3) is 2.76. The molecule has 1 aromatic rings. The van der Waals surface area contributed by atoms with Gasteiger partial charge < -0.3 is 4.84 Å². The van der Waals surface area contributed by atoms with Crippen LogP contribution in [-0.2, 0) is 9.63 Å². The molecule has 3 nitrogen and oxygen atoms in total. The van der Waals surface area contributed by atoms with E-state index in [0.717, 1.165) is 12.8 Å². The Bertz CT molecular complexity index is 391. The van der Waals surface area contributed by atoms with E-state index in [-0.39, 0.29) is 11.9 Å². The van der Waals surface area contributed by atoms with Crippen LogP contribution in [0, 0.1) is 5.92 Å². The fourth-order valence-corrected chi connectivity index (χ4v) is 1.37. The predicted molar refractivity (Wildman–Crippen MR) is 58.9 cm³/mol. The van der Waals surface area contributed by atoms with E-state index < -0.39 is 0 Å². The Morgan fingerprint density at radius 3 is 2.67 bits per heavy atom. The number of hydrogen-bond acceptors (Lipinski definition) is 3. The van der Waals surface area contributed by atoms with Crippen LogP contribution >= 0.6 is 23.2 Å². The van der Waals surface area contributed by atoms with Gasteiger partial charge in [-0.2, -0.15) is 0 Å². The van der Waals surface area contributed by atoms with E-state index in [0.29, 0.717) is 15.7 Å². The Morgan fingerprint density at radius 1 is 1.33 bits per heavy atom. The highest BCUT2D eigenvalue weighted by molar-refractivity contribution is 6.42. The molecule has 1 aliphatic carbocycles. The lowest BCUT2D eigenvalue weighted by molar-refractivity contribution is -0.142. The van der Waals surface area contributed by atoms with Gasteiger partial charge in [-0.15, -0.1) is 0 Å². The zero-order chi connectivity index (χ0) is 10.8. The lowest BCUT2D eigenvalue weighted by Gasteiger charge is -2.06. The van der Waals surface area contributed by atoms with Gasteiger partial charge >= 0.3 is 5.97 Å². The van der Waals surface area contributed by atoms with Crippen molar-refractivity contribution >= 4 is 34.9 Å². The monoisotopic (exact) mass is 245 g/mol. The summed E-state index contributed by atoms with van der Waals surface area (Å²) in [5, 5.41) is 0.889.